The maximum atomic E-state index is 4.97. The molecule has 0 aliphatic heterocycles. The molecule has 0 atom stereocenters. The van der Waals surface area contributed by atoms with Crippen molar-refractivity contribution in [1.82, 2.24) is 14.4 Å². The Morgan fingerprint density at radius 1 is 1.04 bits per heavy atom. The van der Waals surface area contributed by atoms with Crippen LogP contribution in [0.4, 0.5) is 11.5 Å². The standard InChI is InChI=1S/C21H18I2N4/c1-3-14-7-5-9-18-25-20(15-10-11-24-12-17(15)23)21(27(14)18)26-19-13(2)6-4-8-16(19)22/h4-12,26H,3H2,1-2H3. The van der Waals surface area contributed by atoms with Gasteiger partial charge in [-0.2, -0.15) is 0 Å². The highest BCUT2D eigenvalue weighted by Gasteiger charge is 2.19. The first kappa shape index (κ1) is 18.7. The zero-order valence-corrected chi connectivity index (χ0v) is 19.3. The summed E-state index contributed by atoms with van der Waals surface area (Å²) in [4.78, 5) is 9.21. The Bertz CT molecular complexity index is 1110. The molecule has 0 spiro atoms. The molecule has 1 N–H and O–H groups in total. The van der Waals surface area contributed by atoms with Crippen molar-refractivity contribution >= 4 is 62.3 Å². The molecule has 136 valence electrons. The first-order valence-corrected chi connectivity index (χ1v) is 10.9. The van der Waals surface area contributed by atoms with E-state index in [4.69, 9.17) is 4.98 Å². The summed E-state index contributed by atoms with van der Waals surface area (Å²) < 4.78 is 4.50. The Balaban J connectivity index is 2.02. The van der Waals surface area contributed by atoms with Crippen molar-refractivity contribution in [3.63, 3.8) is 0 Å². The van der Waals surface area contributed by atoms with Gasteiger partial charge in [0.2, 0.25) is 0 Å². The number of hydrogen-bond donors (Lipinski definition) is 1. The van der Waals surface area contributed by atoms with Gasteiger partial charge in [-0.3, -0.25) is 9.38 Å². The molecule has 0 amide bonds. The largest absolute Gasteiger partial charge is 0.338 e. The second kappa shape index (κ2) is 7.75. The molecule has 0 saturated heterocycles. The van der Waals surface area contributed by atoms with Crippen LogP contribution < -0.4 is 5.32 Å². The minimum Gasteiger partial charge on any atom is -0.338 e. The van der Waals surface area contributed by atoms with Crippen LogP contribution in [0.1, 0.15) is 18.2 Å². The van der Waals surface area contributed by atoms with E-state index in [0.717, 1.165) is 38.4 Å². The number of pyridine rings is 2. The Morgan fingerprint density at radius 3 is 2.59 bits per heavy atom. The number of hydrogen-bond acceptors (Lipinski definition) is 3. The van der Waals surface area contributed by atoms with Gasteiger partial charge in [-0.15, -0.1) is 0 Å². The molecule has 27 heavy (non-hydrogen) atoms. The second-order valence-corrected chi connectivity index (χ2v) is 8.61. The number of halogens is 2. The smallest absolute Gasteiger partial charge is 0.143 e. The third kappa shape index (κ3) is 3.44. The molecule has 3 heterocycles. The number of aryl methyl sites for hydroxylation is 2. The third-order valence-corrected chi connectivity index (χ3v) is 6.34. The molecule has 0 fully saturated rings. The lowest BCUT2D eigenvalue weighted by atomic mass is 10.1. The Hall–Kier alpha value is -1.68. The summed E-state index contributed by atoms with van der Waals surface area (Å²) in [5.41, 5.74) is 6.53. The Labute approximate surface area is 185 Å². The van der Waals surface area contributed by atoms with Crippen LogP contribution in [0.2, 0.25) is 0 Å². The second-order valence-electron chi connectivity index (χ2n) is 6.29. The number of nitrogens with one attached hydrogen (secondary N) is 1. The van der Waals surface area contributed by atoms with Crippen LogP contribution in [-0.2, 0) is 6.42 Å². The highest BCUT2D eigenvalue weighted by Crippen LogP contribution is 2.36. The molecule has 0 bridgehead atoms. The SMILES string of the molecule is CCc1cccc2nc(-c3ccncc3I)c(Nc3c(C)cccc3I)n12. The van der Waals surface area contributed by atoms with Gasteiger partial charge in [-0.05, 0) is 88.4 Å². The van der Waals surface area contributed by atoms with Crippen molar-refractivity contribution in [2.45, 2.75) is 20.3 Å². The van der Waals surface area contributed by atoms with Crippen LogP contribution in [0.15, 0.2) is 54.9 Å². The van der Waals surface area contributed by atoms with E-state index in [1.54, 1.807) is 0 Å². The number of imidazole rings is 1. The summed E-state index contributed by atoms with van der Waals surface area (Å²) in [6.45, 7) is 4.30. The van der Waals surface area contributed by atoms with E-state index in [1.165, 1.54) is 14.8 Å². The van der Waals surface area contributed by atoms with E-state index in [-0.39, 0.29) is 0 Å². The molecule has 0 aliphatic carbocycles. The van der Waals surface area contributed by atoms with Crippen molar-refractivity contribution < 1.29 is 0 Å². The third-order valence-electron chi connectivity index (χ3n) is 4.58. The van der Waals surface area contributed by atoms with Crippen LogP contribution in [0.5, 0.6) is 0 Å². The minimum atomic E-state index is 0.931. The van der Waals surface area contributed by atoms with Crippen LogP contribution >= 0.6 is 45.2 Å². The van der Waals surface area contributed by atoms with Gasteiger partial charge in [0.05, 0.1) is 5.69 Å². The topological polar surface area (TPSA) is 42.2 Å². The van der Waals surface area contributed by atoms with Crippen molar-refractivity contribution in [2.24, 2.45) is 0 Å². The van der Waals surface area contributed by atoms with Crippen LogP contribution in [0.25, 0.3) is 16.9 Å². The quantitative estimate of drug-likeness (QED) is 0.292. The van der Waals surface area contributed by atoms with Crippen molar-refractivity contribution in [3.05, 3.63) is 73.3 Å². The number of nitrogens with zero attached hydrogens (tertiary/aromatic N) is 3. The summed E-state index contributed by atoms with van der Waals surface area (Å²) in [5, 5.41) is 3.70. The molecular weight excluding hydrogens is 562 g/mol. The lowest BCUT2D eigenvalue weighted by molar-refractivity contribution is 0.983. The highest BCUT2D eigenvalue weighted by atomic mass is 127. The fourth-order valence-corrected chi connectivity index (χ4v) is 4.58. The first-order chi connectivity index (χ1) is 13.1. The van der Waals surface area contributed by atoms with E-state index in [2.05, 4.69) is 110 Å². The fraction of sp³-hybridized carbons (Fsp3) is 0.143. The Kier molecular flexibility index (Phi) is 5.36. The fourth-order valence-electron chi connectivity index (χ4n) is 3.22. The normalized spacial score (nSPS) is 11.1. The summed E-state index contributed by atoms with van der Waals surface area (Å²) in [5.74, 6) is 0.999. The van der Waals surface area contributed by atoms with Gasteiger partial charge in [0.15, 0.2) is 0 Å². The van der Waals surface area contributed by atoms with Crippen molar-refractivity contribution in [2.75, 3.05) is 5.32 Å². The van der Waals surface area contributed by atoms with Gasteiger partial charge in [0.25, 0.3) is 0 Å². The predicted octanol–water partition coefficient (Wildman–Crippen LogP) is 6.22. The number of fused-ring (bicyclic) bond motifs is 1. The molecule has 1 aromatic carbocycles. The van der Waals surface area contributed by atoms with Crippen molar-refractivity contribution in [3.8, 4) is 11.3 Å². The summed E-state index contributed by atoms with van der Waals surface area (Å²) in [7, 11) is 0. The van der Waals surface area contributed by atoms with E-state index >= 15 is 0 Å². The van der Waals surface area contributed by atoms with Gasteiger partial charge >= 0.3 is 0 Å². The molecule has 6 heteroatoms. The number of aromatic nitrogens is 3. The summed E-state index contributed by atoms with van der Waals surface area (Å²) >= 11 is 4.71. The van der Waals surface area contributed by atoms with Crippen LogP contribution in [0.3, 0.4) is 0 Å². The van der Waals surface area contributed by atoms with Gasteiger partial charge in [-0.25, -0.2) is 4.98 Å². The number of rotatable bonds is 4. The number of benzene rings is 1. The van der Waals surface area contributed by atoms with Gasteiger partial charge in [-0.1, -0.05) is 25.1 Å². The molecule has 0 aliphatic rings. The van der Waals surface area contributed by atoms with Gasteiger partial charge < -0.3 is 5.32 Å². The number of anilines is 2. The molecule has 4 aromatic rings. The minimum absolute atomic E-state index is 0.931. The average molecular weight is 580 g/mol. The van der Waals surface area contributed by atoms with Crippen LogP contribution in [-0.4, -0.2) is 14.4 Å². The highest BCUT2D eigenvalue weighted by molar-refractivity contribution is 14.1. The Morgan fingerprint density at radius 2 is 1.85 bits per heavy atom. The maximum absolute atomic E-state index is 4.97. The molecule has 4 nitrogen and oxygen atoms in total. The lowest BCUT2D eigenvalue weighted by Crippen LogP contribution is -2.04. The van der Waals surface area contributed by atoms with Gasteiger partial charge in [0, 0.05) is 30.8 Å². The van der Waals surface area contributed by atoms with Crippen molar-refractivity contribution in [1.29, 1.82) is 0 Å². The van der Waals surface area contributed by atoms with E-state index < -0.39 is 0 Å². The maximum Gasteiger partial charge on any atom is 0.143 e. The zero-order valence-electron chi connectivity index (χ0n) is 15.0. The zero-order chi connectivity index (χ0) is 19.0. The van der Waals surface area contributed by atoms with E-state index in [0.29, 0.717) is 0 Å². The molecule has 4 rings (SSSR count). The molecule has 0 radical (unpaired) electrons. The van der Waals surface area contributed by atoms with Gasteiger partial charge in [0.1, 0.15) is 17.2 Å². The van der Waals surface area contributed by atoms with E-state index in [1.807, 2.05) is 18.5 Å². The molecule has 0 saturated carbocycles. The summed E-state index contributed by atoms with van der Waals surface area (Å²) in [6, 6.07) is 14.7. The molecular formula is C21H18I2N4. The first-order valence-electron chi connectivity index (χ1n) is 8.72. The van der Waals surface area contributed by atoms with Crippen LogP contribution in [0, 0.1) is 14.1 Å². The number of para-hydroxylation sites is 1. The average Bonchev–Trinajstić information content (AvgIpc) is 3.03. The monoisotopic (exact) mass is 580 g/mol. The molecule has 0 unspecified atom stereocenters. The lowest BCUT2D eigenvalue weighted by Gasteiger charge is -2.15. The van der Waals surface area contributed by atoms with E-state index in [9.17, 15) is 0 Å². The predicted molar refractivity (Wildman–Crippen MR) is 128 cm³/mol. The molecule has 3 aromatic heterocycles. The summed E-state index contributed by atoms with van der Waals surface area (Å²) in [6.07, 6.45) is 4.63.